The fourth-order valence-electron chi connectivity index (χ4n) is 2.02. The van der Waals surface area contributed by atoms with Gasteiger partial charge in [0.25, 0.3) is 0 Å². The van der Waals surface area contributed by atoms with Crippen molar-refractivity contribution in [3.63, 3.8) is 0 Å². The Morgan fingerprint density at radius 2 is 1.89 bits per heavy atom. The van der Waals surface area contributed by atoms with Gasteiger partial charge in [0.05, 0.1) is 10.9 Å². The Kier molecular flexibility index (Phi) is 3.13. The zero-order valence-corrected chi connectivity index (χ0v) is 10.9. The second-order valence-corrected chi connectivity index (χ2v) is 4.89. The summed E-state index contributed by atoms with van der Waals surface area (Å²) >= 11 is 0. The SMILES string of the molecule is Cc1cc2oc(N)c(CC(C)N)c(=O)c2cc1C. The van der Waals surface area contributed by atoms with Crippen LogP contribution in [0.1, 0.15) is 23.6 Å². The maximum absolute atomic E-state index is 12.4. The number of aryl methyl sites for hydroxylation is 2. The summed E-state index contributed by atoms with van der Waals surface area (Å²) in [6.45, 7) is 5.78. The Morgan fingerprint density at radius 1 is 1.28 bits per heavy atom. The van der Waals surface area contributed by atoms with E-state index in [0.717, 1.165) is 11.1 Å². The van der Waals surface area contributed by atoms with Gasteiger partial charge in [-0.15, -0.1) is 0 Å². The van der Waals surface area contributed by atoms with Crippen LogP contribution in [-0.4, -0.2) is 6.04 Å². The van der Waals surface area contributed by atoms with Crippen LogP contribution >= 0.6 is 0 Å². The fourth-order valence-corrected chi connectivity index (χ4v) is 2.02. The van der Waals surface area contributed by atoms with E-state index in [1.165, 1.54) is 0 Å². The fraction of sp³-hybridized carbons (Fsp3) is 0.357. The molecule has 1 aromatic carbocycles. The van der Waals surface area contributed by atoms with Crippen molar-refractivity contribution < 1.29 is 4.42 Å². The lowest BCUT2D eigenvalue weighted by atomic mass is 10.0. The van der Waals surface area contributed by atoms with E-state index in [2.05, 4.69) is 0 Å². The van der Waals surface area contributed by atoms with Gasteiger partial charge in [0.15, 0.2) is 11.3 Å². The van der Waals surface area contributed by atoms with Gasteiger partial charge in [-0.3, -0.25) is 4.79 Å². The lowest BCUT2D eigenvalue weighted by Gasteiger charge is -2.09. The van der Waals surface area contributed by atoms with Crippen LogP contribution in [0.5, 0.6) is 0 Å². The predicted octanol–water partition coefficient (Wildman–Crippen LogP) is 1.88. The summed E-state index contributed by atoms with van der Waals surface area (Å²) in [7, 11) is 0. The highest BCUT2D eigenvalue weighted by atomic mass is 16.3. The highest BCUT2D eigenvalue weighted by Gasteiger charge is 2.14. The molecule has 0 bridgehead atoms. The molecule has 0 spiro atoms. The van der Waals surface area contributed by atoms with E-state index in [4.69, 9.17) is 15.9 Å². The lowest BCUT2D eigenvalue weighted by molar-refractivity contribution is 0.607. The molecule has 0 fully saturated rings. The monoisotopic (exact) mass is 246 g/mol. The van der Waals surface area contributed by atoms with E-state index in [-0.39, 0.29) is 17.4 Å². The van der Waals surface area contributed by atoms with Crippen LogP contribution in [-0.2, 0) is 6.42 Å². The number of nitrogen functional groups attached to an aromatic ring is 1. The summed E-state index contributed by atoms with van der Waals surface area (Å²) < 4.78 is 5.53. The van der Waals surface area contributed by atoms with Gasteiger partial charge in [-0.05, 0) is 50.5 Å². The first-order valence-corrected chi connectivity index (χ1v) is 5.98. The van der Waals surface area contributed by atoms with Crippen LogP contribution in [0.3, 0.4) is 0 Å². The molecular formula is C14H18N2O2. The van der Waals surface area contributed by atoms with Crippen molar-refractivity contribution in [3.05, 3.63) is 39.0 Å². The van der Waals surface area contributed by atoms with Crippen molar-refractivity contribution in [1.82, 2.24) is 0 Å². The van der Waals surface area contributed by atoms with E-state index >= 15 is 0 Å². The number of rotatable bonds is 2. The Balaban J connectivity index is 2.77. The molecule has 0 saturated heterocycles. The van der Waals surface area contributed by atoms with Crippen LogP contribution in [0.4, 0.5) is 5.88 Å². The molecule has 1 heterocycles. The standard InChI is InChI=1S/C14H18N2O2/c1-7-4-10-12(5-8(7)2)18-14(16)11(13(10)17)6-9(3)15/h4-5,9H,6,15-16H2,1-3H3. The normalized spacial score (nSPS) is 12.9. The summed E-state index contributed by atoms with van der Waals surface area (Å²) in [5, 5.41) is 0.572. The molecule has 4 N–H and O–H groups in total. The zero-order valence-electron chi connectivity index (χ0n) is 10.9. The van der Waals surface area contributed by atoms with Gasteiger partial charge in [-0.25, -0.2) is 0 Å². The Labute approximate surface area is 106 Å². The molecule has 4 nitrogen and oxygen atoms in total. The quantitative estimate of drug-likeness (QED) is 0.847. The summed E-state index contributed by atoms with van der Waals surface area (Å²) in [5.41, 5.74) is 14.6. The third kappa shape index (κ3) is 2.11. The van der Waals surface area contributed by atoms with E-state index in [1.807, 2.05) is 32.9 Å². The molecule has 0 radical (unpaired) electrons. The average Bonchev–Trinajstić information content (AvgIpc) is 2.27. The van der Waals surface area contributed by atoms with Crippen molar-refractivity contribution in [3.8, 4) is 0 Å². The molecule has 0 aliphatic heterocycles. The molecule has 2 rings (SSSR count). The number of hydrogen-bond donors (Lipinski definition) is 2. The minimum Gasteiger partial charge on any atom is -0.440 e. The van der Waals surface area contributed by atoms with Gasteiger partial charge in [0.2, 0.25) is 0 Å². The zero-order chi connectivity index (χ0) is 13.4. The van der Waals surface area contributed by atoms with E-state index in [9.17, 15) is 4.79 Å². The topological polar surface area (TPSA) is 82.2 Å². The Bertz CT molecular complexity index is 657. The molecular weight excluding hydrogens is 228 g/mol. The molecule has 0 aliphatic rings. The number of anilines is 1. The second-order valence-electron chi connectivity index (χ2n) is 4.89. The van der Waals surface area contributed by atoms with Crippen LogP contribution in [0, 0.1) is 13.8 Å². The van der Waals surface area contributed by atoms with Crippen molar-refractivity contribution in [2.24, 2.45) is 5.73 Å². The molecule has 96 valence electrons. The van der Waals surface area contributed by atoms with Crippen molar-refractivity contribution in [1.29, 1.82) is 0 Å². The van der Waals surface area contributed by atoms with Crippen LogP contribution in [0.25, 0.3) is 11.0 Å². The molecule has 0 aliphatic carbocycles. The van der Waals surface area contributed by atoms with Crippen LogP contribution in [0.2, 0.25) is 0 Å². The summed E-state index contributed by atoms with van der Waals surface area (Å²) in [6.07, 6.45) is 0.428. The maximum Gasteiger partial charge on any atom is 0.198 e. The molecule has 0 amide bonds. The largest absolute Gasteiger partial charge is 0.440 e. The van der Waals surface area contributed by atoms with Crippen molar-refractivity contribution in [2.75, 3.05) is 5.73 Å². The molecule has 18 heavy (non-hydrogen) atoms. The van der Waals surface area contributed by atoms with Crippen molar-refractivity contribution in [2.45, 2.75) is 33.2 Å². The minimum absolute atomic E-state index is 0.0749. The third-order valence-electron chi connectivity index (χ3n) is 3.16. The Hall–Kier alpha value is -1.81. The summed E-state index contributed by atoms with van der Waals surface area (Å²) in [5.74, 6) is 0.174. The number of benzene rings is 1. The van der Waals surface area contributed by atoms with Gasteiger partial charge in [-0.1, -0.05) is 0 Å². The number of fused-ring (bicyclic) bond motifs is 1. The number of nitrogens with two attached hydrogens (primary N) is 2. The average molecular weight is 246 g/mol. The molecule has 1 unspecified atom stereocenters. The smallest absolute Gasteiger partial charge is 0.198 e. The summed E-state index contributed by atoms with van der Waals surface area (Å²) in [4.78, 5) is 12.4. The first kappa shape index (κ1) is 12.6. The van der Waals surface area contributed by atoms with Crippen LogP contribution in [0.15, 0.2) is 21.3 Å². The molecule has 0 saturated carbocycles. The van der Waals surface area contributed by atoms with E-state index in [0.29, 0.717) is 23.0 Å². The number of hydrogen-bond acceptors (Lipinski definition) is 4. The molecule has 1 aromatic heterocycles. The van der Waals surface area contributed by atoms with Gasteiger partial charge in [0, 0.05) is 6.04 Å². The molecule has 1 atom stereocenters. The van der Waals surface area contributed by atoms with Crippen LogP contribution < -0.4 is 16.9 Å². The molecule has 2 aromatic rings. The first-order valence-electron chi connectivity index (χ1n) is 5.98. The predicted molar refractivity (Wildman–Crippen MR) is 73.7 cm³/mol. The van der Waals surface area contributed by atoms with Gasteiger partial charge in [-0.2, -0.15) is 0 Å². The highest BCUT2D eigenvalue weighted by Crippen LogP contribution is 2.21. The van der Waals surface area contributed by atoms with E-state index in [1.54, 1.807) is 0 Å². The third-order valence-corrected chi connectivity index (χ3v) is 3.16. The van der Waals surface area contributed by atoms with Gasteiger partial charge >= 0.3 is 0 Å². The Morgan fingerprint density at radius 3 is 2.50 bits per heavy atom. The first-order chi connectivity index (χ1) is 8.40. The minimum atomic E-state index is -0.126. The van der Waals surface area contributed by atoms with Crippen molar-refractivity contribution >= 4 is 16.9 Å². The van der Waals surface area contributed by atoms with Gasteiger partial charge in [0.1, 0.15) is 5.58 Å². The molecule has 4 heteroatoms. The maximum atomic E-state index is 12.4. The lowest BCUT2D eigenvalue weighted by Crippen LogP contribution is -2.23. The summed E-state index contributed by atoms with van der Waals surface area (Å²) in [6, 6.07) is 3.57. The van der Waals surface area contributed by atoms with E-state index < -0.39 is 0 Å². The highest BCUT2D eigenvalue weighted by molar-refractivity contribution is 5.80. The van der Waals surface area contributed by atoms with Gasteiger partial charge < -0.3 is 15.9 Å². The second kappa shape index (κ2) is 4.46.